The first-order valence-corrected chi connectivity index (χ1v) is 13.2. The SMILES string of the molecule is CCCNC(=O)[C@@H](C)N(Cc1cccc(C)c1)C(=O)CN(c1cc([N+](=O)[O-])ccc1OC)S(C)(=O)=O. The number of carbonyl (C=O) groups is 2. The fraction of sp³-hybridized carbons (Fsp3) is 0.417. The van der Waals surface area contributed by atoms with Gasteiger partial charge in [-0.2, -0.15) is 0 Å². The predicted octanol–water partition coefficient (Wildman–Crippen LogP) is 2.62. The number of nitro benzene ring substituents is 1. The molecule has 1 N–H and O–H groups in total. The molecule has 0 aliphatic rings. The molecule has 1 atom stereocenters. The number of carbonyl (C=O) groups excluding carboxylic acids is 2. The summed E-state index contributed by atoms with van der Waals surface area (Å²) in [5.41, 5.74) is 1.20. The predicted molar refractivity (Wildman–Crippen MR) is 136 cm³/mol. The number of nitrogens with one attached hydrogen (secondary N) is 1. The average Bonchev–Trinajstić information content (AvgIpc) is 2.82. The number of ether oxygens (including phenoxy) is 1. The van der Waals surface area contributed by atoms with Gasteiger partial charge in [-0.15, -0.1) is 0 Å². The number of nitrogens with zero attached hydrogens (tertiary/aromatic N) is 3. The summed E-state index contributed by atoms with van der Waals surface area (Å²) in [5, 5.41) is 14.1. The van der Waals surface area contributed by atoms with E-state index in [4.69, 9.17) is 4.74 Å². The molecular weight excluding hydrogens is 488 g/mol. The molecule has 0 spiro atoms. The zero-order valence-corrected chi connectivity index (χ0v) is 21.9. The highest BCUT2D eigenvalue weighted by Crippen LogP contribution is 2.33. The summed E-state index contributed by atoms with van der Waals surface area (Å²) in [7, 11) is -2.79. The van der Waals surface area contributed by atoms with Gasteiger partial charge in [-0.05, 0) is 31.9 Å². The van der Waals surface area contributed by atoms with E-state index in [9.17, 15) is 28.1 Å². The van der Waals surface area contributed by atoms with E-state index >= 15 is 0 Å². The van der Waals surface area contributed by atoms with Crippen LogP contribution in [0.25, 0.3) is 0 Å². The maximum Gasteiger partial charge on any atom is 0.271 e. The lowest BCUT2D eigenvalue weighted by Gasteiger charge is -2.31. The van der Waals surface area contributed by atoms with Crippen molar-refractivity contribution in [2.24, 2.45) is 0 Å². The Morgan fingerprint density at radius 2 is 1.89 bits per heavy atom. The molecule has 0 aliphatic carbocycles. The average molecular weight is 521 g/mol. The van der Waals surface area contributed by atoms with Crippen molar-refractivity contribution < 1.29 is 27.7 Å². The van der Waals surface area contributed by atoms with E-state index in [1.807, 2.05) is 38.1 Å². The van der Waals surface area contributed by atoms with Gasteiger partial charge in [0.1, 0.15) is 24.0 Å². The highest BCUT2D eigenvalue weighted by atomic mass is 32.2. The summed E-state index contributed by atoms with van der Waals surface area (Å²) < 4.78 is 31.4. The number of rotatable bonds is 12. The van der Waals surface area contributed by atoms with Crippen LogP contribution in [0.4, 0.5) is 11.4 Å². The number of hydrogen-bond donors (Lipinski definition) is 1. The molecule has 196 valence electrons. The van der Waals surface area contributed by atoms with Gasteiger partial charge in [0.2, 0.25) is 21.8 Å². The molecule has 0 unspecified atom stereocenters. The molecule has 0 saturated carbocycles. The van der Waals surface area contributed by atoms with E-state index in [-0.39, 0.29) is 29.6 Å². The van der Waals surface area contributed by atoms with Crippen LogP contribution in [0.1, 0.15) is 31.4 Å². The van der Waals surface area contributed by atoms with Gasteiger partial charge < -0.3 is 15.0 Å². The van der Waals surface area contributed by atoms with Crippen molar-refractivity contribution in [3.63, 3.8) is 0 Å². The summed E-state index contributed by atoms with van der Waals surface area (Å²) >= 11 is 0. The second-order valence-corrected chi connectivity index (χ2v) is 10.3. The monoisotopic (exact) mass is 520 g/mol. The highest BCUT2D eigenvalue weighted by Gasteiger charge is 2.31. The molecule has 0 aromatic heterocycles. The minimum absolute atomic E-state index is 0.0396. The number of sulfonamides is 1. The molecule has 2 rings (SSSR count). The number of nitro groups is 1. The first-order valence-electron chi connectivity index (χ1n) is 11.3. The second-order valence-electron chi connectivity index (χ2n) is 8.36. The van der Waals surface area contributed by atoms with E-state index in [2.05, 4.69) is 5.32 Å². The molecule has 2 aromatic carbocycles. The third-order valence-corrected chi connectivity index (χ3v) is 6.60. The van der Waals surface area contributed by atoms with E-state index in [1.165, 1.54) is 24.1 Å². The Labute approximate surface area is 211 Å². The zero-order chi connectivity index (χ0) is 27.0. The van der Waals surface area contributed by atoms with Crippen LogP contribution in [0.2, 0.25) is 0 Å². The lowest BCUT2D eigenvalue weighted by atomic mass is 10.1. The molecule has 36 heavy (non-hydrogen) atoms. The number of methoxy groups -OCH3 is 1. The fourth-order valence-electron chi connectivity index (χ4n) is 3.57. The fourth-order valence-corrected chi connectivity index (χ4v) is 4.41. The Morgan fingerprint density at radius 3 is 2.44 bits per heavy atom. The summed E-state index contributed by atoms with van der Waals surface area (Å²) in [6.07, 6.45) is 1.60. The lowest BCUT2D eigenvalue weighted by Crippen LogP contribution is -2.51. The Balaban J connectivity index is 2.50. The Hall–Kier alpha value is -3.67. The second kappa shape index (κ2) is 12.3. The van der Waals surface area contributed by atoms with Crippen molar-refractivity contribution in [2.75, 3.05) is 30.8 Å². The van der Waals surface area contributed by atoms with Crippen molar-refractivity contribution in [3.8, 4) is 5.75 Å². The van der Waals surface area contributed by atoms with Gasteiger partial charge in [-0.3, -0.25) is 24.0 Å². The Bertz CT molecular complexity index is 1220. The molecule has 11 nitrogen and oxygen atoms in total. The van der Waals surface area contributed by atoms with Crippen molar-refractivity contribution in [3.05, 3.63) is 63.7 Å². The van der Waals surface area contributed by atoms with Crippen molar-refractivity contribution in [1.82, 2.24) is 10.2 Å². The quantitative estimate of drug-likeness (QED) is 0.335. The van der Waals surface area contributed by atoms with Crippen molar-refractivity contribution in [2.45, 2.75) is 39.8 Å². The zero-order valence-electron chi connectivity index (χ0n) is 21.1. The lowest BCUT2D eigenvalue weighted by molar-refractivity contribution is -0.384. The number of amides is 2. The van der Waals surface area contributed by atoms with Crippen molar-refractivity contribution >= 4 is 33.2 Å². The Morgan fingerprint density at radius 1 is 1.19 bits per heavy atom. The van der Waals surface area contributed by atoms with Gasteiger partial charge in [-0.25, -0.2) is 8.42 Å². The van der Waals surface area contributed by atoms with Gasteiger partial charge in [-0.1, -0.05) is 36.8 Å². The minimum Gasteiger partial charge on any atom is -0.495 e. The first-order chi connectivity index (χ1) is 16.9. The molecule has 2 aromatic rings. The number of hydrogen-bond acceptors (Lipinski definition) is 7. The highest BCUT2D eigenvalue weighted by molar-refractivity contribution is 7.92. The van der Waals surface area contributed by atoms with Crippen LogP contribution < -0.4 is 14.4 Å². The van der Waals surface area contributed by atoms with Crippen LogP contribution in [0.5, 0.6) is 5.75 Å². The van der Waals surface area contributed by atoms with Crippen LogP contribution in [-0.4, -0.2) is 62.6 Å². The molecule has 0 saturated heterocycles. The smallest absolute Gasteiger partial charge is 0.271 e. The number of anilines is 1. The maximum atomic E-state index is 13.6. The molecule has 0 fully saturated rings. The van der Waals surface area contributed by atoms with E-state index in [1.54, 1.807) is 6.92 Å². The minimum atomic E-state index is -4.08. The maximum absolute atomic E-state index is 13.6. The summed E-state index contributed by atoms with van der Waals surface area (Å²) in [6.45, 7) is 5.16. The van der Waals surface area contributed by atoms with E-state index in [0.29, 0.717) is 13.0 Å². The molecule has 2 amide bonds. The van der Waals surface area contributed by atoms with Gasteiger partial charge in [0.25, 0.3) is 5.69 Å². The normalized spacial score (nSPS) is 11.9. The molecule has 12 heteroatoms. The number of benzene rings is 2. The number of non-ortho nitro benzene ring substituents is 1. The van der Waals surface area contributed by atoms with Crippen LogP contribution in [0.15, 0.2) is 42.5 Å². The molecule has 0 aliphatic heterocycles. The largest absolute Gasteiger partial charge is 0.495 e. The third-order valence-electron chi connectivity index (χ3n) is 5.47. The third kappa shape index (κ3) is 7.41. The van der Waals surface area contributed by atoms with Gasteiger partial charge in [0.15, 0.2) is 0 Å². The van der Waals surface area contributed by atoms with E-state index < -0.39 is 33.4 Å². The van der Waals surface area contributed by atoms with Crippen molar-refractivity contribution in [1.29, 1.82) is 0 Å². The molecule has 0 bridgehead atoms. The van der Waals surface area contributed by atoms with Gasteiger partial charge in [0.05, 0.1) is 18.3 Å². The topological polar surface area (TPSA) is 139 Å². The molecule has 0 radical (unpaired) electrons. The van der Waals surface area contributed by atoms with E-state index in [0.717, 1.165) is 27.8 Å². The summed E-state index contributed by atoms with van der Waals surface area (Å²) in [6, 6.07) is 9.97. The first kappa shape index (κ1) is 28.6. The van der Waals surface area contributed by atoms with Crippen LogP contribution in [0.3, 0.4) is 0 Å². The van der Waals surface area contributed by atoms with Crippen LogP contribution >= 0.6 is 0 Å². The summed E-state index contributed by atoms with van der Waals surface area (Å²) in [5.74, 6) is -0.996. The molecular formula is C24H32N4O7S. The van der Waals surface area contributed by atoms with Crippen LogP contribution in [-0.2, 0) is 26.2 Å². The Kier molecular flexibility index (Phi) is 9.79. The van der Waals surface area contributed by atoms with Crippen LogP contribution in [0, 0.1) is 17.0 Å². The summed E-state index contributed by atoms with van der Waals surface area (Å²) in [4.78, 5) is 38.2. The van der Waals surface area contributed by atoms with Gasteiger partial charge >= 0.3 is 0 Å². The standard InChI is InChI=1S/C24H32N4O7S/c1-6-12-25-24(30)18(3)26(15-19-9-7-8-17(2)13-19)23(29)16-27(36(5,33)34)21-14-20(28(31)32)10-11-22(21)35-4/h7-11,13-14,18H,6,12,15-16H2,1-5H3,(H,25,30)/t18-/m1/s1. The van der Waals surface area contributed by atoms with Gasteiger partial charge in [0, 0.05) is 25.2 Å². The number of aryl methyl sites for hydroxylation is 1. The molecule has 0 heterocycles.